The first-order valence-corrected chi connectivity index (χ1v) is 10.3. The van der Waals surface area contributed by atoms with Crippen LogP contribution in [0.5, 0.6) is 0 Å². The van der Waals surface area contributed by atoms with Gasteiger partial charge in [-0.3, -0.25) is 9.13 Å². The Balaban J connectivity index is 3.51. The molecule has 0 heterocycles. The predicted octanol–water partition coefficient (Wildman–Crippen LogP) is 3.38. The third-order valence-corrected chi connectivity index (χ3v) is 5.63. The van der Waals surface area contributed by atoms with Crippen LogP contribution in [0.4, 0.5) is 0 Å². The molecule has 2 unspecified atom stereocenters. The number of hydrogen-bond acceptors (Lipinski definition) is 4. The van der Waals surface area contributed by atoms with E-state index in [0.717, 1.165) is 19.3 Å². The summed E-state index contributed by atoms with van der Waals surface area (Å²) in [5, 5.41) is 0. The fourth-order valence-corrected chi connectivity index (χ4v) is 4.00. The molecule has 6 nitrogen and oxygen atoms in total. The topological polar surface area (TPSA) is 93.1 Å². The molecule has 0 rings (SSSR count). The van der Waals surface area contributed by atoms with Crippen molar-refractivity contribution in [3.63, 3.8) is 0 Å². The molecule has 19 heavy (non-hydrogen) atoms. The van der Waals surface area contributed by atoms with E-state index >= 15 is 0 Å². The molecule has 0 spiro atoms. The maximum atomic E-state index is 11.4. The van der Waals surface area contributed by atoms with Crippen molar-refractivity contribution < 1.29 is 28.0 Å². The molecule has 0 aromatic heterocycles. The molecule has 0 aliphatic rings. The van der Waals surface area contributed by atoms with Crippen LogP contribution in [0, 0.1) is 0 Å². The minimum absolute atomic E-state index is 0.179. The minimum atomic E-state index is -3.39. The number of rotatable bonds is 12. The van der Waals surface area contributed by atoms with E-state index in [4.69, 9.17) is 9.05 Å². The molecule has 0 radical (unpaired) electrons. The quantitative estimate of drug-likeness (QED) is 0.423. The van der Waals surface area contributed by atoms with Gasteiger partial charge < -0.3 is 18.8 Å². The highest BCUT2D eigenvalue weighted by molar-refractivity contribution is 7.53. The predicted molar refractivity (Wildman–Crippen MR) is 75.7 cm³/mol. The van der Waals surface area contributed by atoms with Crippen molar-refractivity contribution in [2.24, 2.45) is 0 Å². The normalized spacial score (nSPS) is 17.9. The van der Waals surface area contributed by atoms with E-state index < -0.39 is 15.2 Å². The summed E-state index contributed by atoms with van der Waals surface area (Å²) in [5.41, 5.74) is 0. The minimum Gasteiger partial charge on any atom is -0.324 e. The molecule has 0 aliphatic heterocycles. The Labute approximate surface area is 115 Å². The molecule has 8 heteroatoms. The fourth-order valence-electron chi connectivity index (χ4n) is 1.69. The second-order valence-corrected chi connectivity index (χ2v) is 8.29. The van der Waals surface area contributed by atoms with Crippen LogP contribution in [0.1, 0.15) is 46.0 Å². The Kier molecular flexibility index (Phi) is 10.2. The third-order valence-electron chi connectivity index (χ3n) is 2.54. The molecule has 0 aliphatic carbocycles. The van der Waals surface area contributed by atoms with Gasteiger partial charge in [0.2, 0.25) is 0 Å². The number of hydrogen-bond donors (Lipinski definition) is 2. The van der Waals surface area contributed by atoms with Crippen molar-refractivity contribution in [1.82, 2.24) is 0 Å². The fraction of sp³-hybridized carbons (Fsp3) is 1.00. The average molecular weight is 316 g/mol. The molecule has 0 amide bonds. The largest absolute Gasteiger partial charge is 0.328 e. The molecule has 2 N–H and O–H groups in total. The van der Waals surface area contributed by atoms with Gasteiger partial charge in [-0.15, -0.1) is 0 Å². The first kappa shape index (κ1) is 19.3. The van der Waals surface area contributed by atoms with Crippen molar-refractivity contribution in [3.8, 4) is 0 Å². The Hall–Kier alpha value is 0.300. The van der Waals surface area contributed by atoms with Gasteiger partial charge in [-0.05, 0) is 26.7 Å². The lowest BCUT2D eigenvalue weighted by atomic mass is 10.2. The van der Waals surface area contributed by atoms with Crippen LogP contribution in [0.2, 0.25) is 0 Å². The van der Waals surface area contributed by atoms with Crippen LogP contribution in [-0.4, -0.2) is 35.3 Å². The summed E-state index contributed by atoms with van der Waals surface area (Å²) in [6.45, 7) is 3.87. The van der Waals surface area contributed by atoms with Crippen molar-refractivity contribution >= 4 is 15.2 Å². The monoisotopic (exact) mass is 316 g/mol. The second-order valence-electron chi connectivity index (χ2n) is 4.33. The lowest BCUT2D eigenvalue weighted by molar-refractivity contribution is 0.272. The third kappa shape index (κ3) is 11.8. The van der Waals surface area contributed by atoms with Crippen LogP contribution in [-0.2, 0) is 18.2 Å². The van der Waals surface area contributed by atoms with E-state index in [1.165, 1.54) is 0 Å². The highest BCUT2D eigenvalue weighted by Gasteiger charge is 2.18. The second kappa shape index (κ2) is 10.1. The maximum Gasteiger partial charge on any atom is 0.328 e. The van der Waals surface area contributed by atoms with E-state index in [9.17, 15) is 18.9 Å². The summed E-state index contributed by atoms with van der Waals surface area (Å²) >= 11 is 0. The van der Waals surface area contributed by atoms with Gasteiger partial charge in [0, 0.05) is 12.3 Å². The van der Waals surface area contributed by atoms with Gasteiger partial charge >= 0.3 is 15.2 Å². The molecule has 2 atom stereocenters. The summed E-state index contributed by atoms with van der Waals surface area (Å²) in [6, 6.07) is 0. The highest BCUT2D eigenvalue weighted by atomic mass is 31.2. The molecular weight excluding hydrogens is 290 g/mol. The van der Waals surface area contributed by atoms with E-state index in [0.29, 0.717) is 12.8 Å². The van der Waals surface area contributed by atoms with Gasteiger partial charge in [0.25, 0.3) is 0 Å². The summed E-state index contributed by atoms with van der Waals surface area (Å²) in [7, 11) is -6.78. The van der Waals surface area contributed by atoms with Gasteiger partial charge in [0.1, 0.15) is 0 Å². The Bertz CT molecular complexity index is 290. The molecule has 0 bridgehead atoms. The van der Waals surface area contributed by atoms with Crippen molar-refractivity contribution in [2.45, 2.75) is 46.0 Å². The summed E-state index contributed by atoms with van der Waals surface area (Å²) < 4.78 is 32.2. The van der Waals surface area contributed by atoms with Crippen molar-refractivity contribution in [1.29, 1.82) is 0 Å². The highest BCUT2D eigenvalue weighted by Crippen LogP contribution is 2.43. The Morgan fingerprint density at radius 2 is 1.05 bits per heavy atom. The van der Waals surface area contributed by atoms with Gasteiger partial charge in [0.05, 0.1) is 13.2 Å². The average Bonchev–Trinajstić information content (AvgIpc) is 2.27. The van der Waals surface area contributed by atoms with Gasteiger partial charge in [-0.25, -0.2) is 0 Å². The zero-order chi connectivity index (χ0) is 14.8. The molecule has 0 fully saturated rings. The van der Waals surface area contributed by atoms with Crippen LogP contribution in [0.3, 0.4) is 0 Å². The first-order valence-electron chi connectivity index (χ1n) is 6.75. The van der Waals surface area contributed by atoms with E-state index in [2.05, 4.69) is 0 Å². The first-order chi connectivity index (χ1) is 8.83. The van der Waals surface area contributed by atoms with Crippen LogP contribution in [0.25, 0.3) is 0 Å². The maximum absolute atomic E-state index is 11.4. The summed E-state index contributed by atoms with van der Waals surface area (Å²) in [5.74, 6) is 0. The molecular formula is C11H26O6P2. The summed E-state index contributed by atoms with van der Waals surface area (Å²) in [6.07, 6.45) is 4.14. The summed E-state index contributed by atoms with van der Waals surface area (Å²) in [4.78, 5) is 18.7. The van der Waals surface area contributed by atoms with Crippen LogP contribution < -0.4 is 0 Å². The molecule has 0 aromatic carbocycles. The zero-order valence-corrected chi connectivity index (χ0v) is 13.6. The molecule has 0 saturated carbocycles. The van der Waals surface area contributed by atoms with E-state index in [-0.39, 0.29) is 25.5 Å². The molecule has 0 saturated heterocycles. The van der Waals surface area contributed by atoms with Gasteiger partial charge in [0.15, 0.2) is 0 Å². The van der Waals surface area contributed by atoms with Crippen LogP contribution >= 0.6 is 15.2 Å². The zero-order valence-electron chi connectivity index (χ0n) is 11.8. The van der Waals surface area contributed by atoms with Gasteiger partial charge in [-0.2, -0.15) is 0 Å². The standard InChI is InChI=1S/C11H26O6P2/c1-3-16-18(12,13)10-8-6-5-7-9-11-19(14,15)17-4-2/h3-11H2,1-2H3,(H,12,13)(H,14,15). The lowest BCUT2D eigenvalue weighted by Crippen LogP contribution is -1.96. The van der Waals surface area contributed by atoms with Crippen molar-refractivity contribution in [3.05, 3.63) is 0 Å². The Morgan fingerprint density at radius 1 is 0.737 bits per heavy atom. The van der Waals surface area contributed by atoms with Gasteiger partial charge in [-0.1, -0.05) is 19.3 Å². The van der Waals surface area contributed by atoms with E-state index in [1.807, 2.05) is 0 Å². The molecule has 116 valence electrons. The number of unbranched alkanes of at least 4 members (excludes halogenated alkanes) is 4. The van der Waals surface area contributed by atoms with Crippen molar-refractivity contribution in [2.75, 3.05) is 25.5 Å². The lowest BCUT2D eigenvalue weighted by Gasteiger charge is -2.11. The van der Waals surface area contributed by atoms with Crippen LogP contribution in [0.15, 0.2) is 0 Å². The molecule has 0 aromatic rings. The SMILES string of the molecule is CCOP(=O)(O)CCCCCCCP(=O)(O)OCC. The Morgan fingerprint density at radius 3 is 1.37 bits per heavy atom. The smallest absolute Gasteiger partial charge is 0.324 e. The van der Waals surface area contributed by atoms with E-state index in [1.54, 1.807) is 13.8 Å².